The van der Waals surface area contributed by atoms with E-state index in [-0.39, 0.29) is 0 Å². The standard InChI is InChI=1S/C16H12ClFO4/c17-12-4-1-10(2-5-12)16(21-7-8-22-16)11-3-6-14(18)13(9-11)15(19)20/h1-6,9H,7-8H2,(H,19,20). The van der Waals surface area contributed by atoms with E-state index in [2.05, 4.69) is 0 Å². The fourth-order valence-corrected chi connectivity index (χ4v) is 2.60. The fourth-order valence-electron chi connectivity index (χ4n) is 2.48. The Morgan fingerprint density at radius 1 is 1.09 bits per heavy atom. The van der Waals surface area contributed by atoms with Gasteiger partial charge in [-0.3, -0.25) is 0 Å². The molecule has 0 bridgehead atoms. The van der Waals surface area contributed by atoms with Gasteiger partial charge in [-0.15, -0.1) is 0 Å². The smallest absolute Gasteiger partial charge is 0.338 e. The Bertz CT molecular complexity index is 709. The van der Waals surface area contributed by atoms with Crippen molar-refractivity contribution in [2.75, 3.05) is 13.2 Å². The molecule has 0 unspecified atom stereocenters. The lowest BCUT2D eigenvalue weighted by Gasteiger charge is -2.28. The quantitative estimate of drug-likeness (QED) is 0.940. The van der Waals surface area contributed by atoms with Gasteiger partial charge in [-0.05, 0) is 24.3 Å². The summed E-state index contributed by atoms with van der Waals surface area (Å²) in [4.78, 5) is 11.1. The Hall–Kier alpha value is -1.95. The molecule has 1 fully saturated rings. The lowest BCUT2D eigenvalue weighted by Crippen LogP contribution is -2.29. The first kappa shape index (κ1) is 15.0. The predicted molar refractivity (Wildman–Crippen MR) is 77.5 cm³/mol. The minimum Gasteiger partial charge on any atom is -0.478 e. The molecule has 2 aromatic rings. The molecule has 6 heteroatoms. The van der Waals surface area contributed by atoms with E-state index in [9.17, 15) is 9.18 Å². The molecule has 0 spiro atoms. The van der Waals surface area contributed by atoms with Crippen molar-refractivity contribution in [2.24, 2.45) is 0 Å². The summed E-state index contributed by atoms with van der Waals surface area (Å²) in [7, 11) is 0. The van der Waals surface area contributed by atoms with Gasteiger partial charge < -0.3 is 14.6 Å². The zero-order valence-corrected chi connectivity index (χ0v) is 12.1. The Morgan fingerprint density at radius 3 is 2.27 bits per heavy atom. The zero-order valence-electron chi connectivity index (χ0n) is 11.4. The van der Waals surface area contributed by atoms with Crippen LogP contribution in [-0.4, -0.2) is 24.3 Å². The summed E-state index contributed by atoms with van der Waals surface area (Å²) in [5, 5.41) is 9.64. The van der Waals surface area contributed by atoms with Crippen molar-refractivity contribution in [1.82, 2.24) is 0 Å². The maximum Gasteiger partial charge on any atom is 0.338 e. The number of ether oxygens (including phenoxy) is 2. The van der Waals surface area contributed by atoms with Gasteiger partial charge in [-0.25, -0.2) is 9.18 Å². The van der Waals surface area contributed by atoms with Crippen molar-refractivity contribution in [3.63, 3.8) is 0 Å². The summed E-state index contributed by atoms with van der Waals surface area (Å²) < 4.78 is 25.1. The summed E-state index contributed by atoms with van der Waals surface area (Å²) in [6.45, 7) is 0.699. The highest BCUT2D eigenvalue weighted by Crippen LogP contribution is 2.39. The van der Waals surface area contributed by atoms with Crippen LogP contribution in [0.15, 0.2) is 42.5 Å². The normalized spacial score (nSPS) is 16.6. The Labute approximate surface area is 131 Å². The number of rotatable bonds is 3. The van der Waals surface area contributed by atoms with E-state index < -0.39 is 23.1 Å². The molecule has 22 heavy (non-hydrogen) atoms. The average molecular weight is 323 g/mol. The topological polar surface area (TPSA) is 55.8 Å². The fraction of sp³-hybridized carbons (Fsp3) is 0.188. The van der Waals surface area contributed by atoms with Crippen LogP contribution in [0.25, 0.3) is 0 Å². The van der Waals surface area contributed by atoms with Crippen LogP contribution < -0.4 is 0 Å². The van der Waals surface area contributed by atoms with Crippen LogP contribution in [0.4, 0.5) is 4.39 Å². The molecule has 4 nitrogen and oxygen atoms in total. The first-order valence-electron chi connectivity index (χ1n) is 6.60. The van der Waals surface area contributed by atoms with Crippen molar-refractivity contribution >= 4 is 17.6 Å². The highest BCUT2D eigenvalue weighted by molar-refractivity contribution is 6.30. The average Bonchev–Trinajstić information content (AvgIpc) is 2.99. The Balaban J connectivity index is 2.14. The summed E-state index contributed by atoms with van der Waals surface area (Å²) in [5.74, 6) is -3.40. The van der Waals surface area contributed by atoms with Gasteiger partial charge in [-0.1, -0.05) is 29.8 Å². The van der Waals surface area contributed by atoms with Crippen LogP contribution >= 0.6 is 11.6 Å². The SMILES string of the molecule is O=C(O)c1cc(C2(c3ccc(Cl)cc3)OCCO2)ccc1F. The van der Waals surface area contributed by atoms with Gasteiger partial charge in [-0.2, -0.15) is 0 Å². The number of aromatic carboxylic acids is 1. The number of carboxylic acid groups (broad SMARTS) is 1. The molecule has 1 heterocycles. The number of halogens is 2. The minimum absolute atomic E-state index is 0.350. The van der Waals surface area contributed by atoms with Gasteiger partial charge in [0.05, 0.1) is 18.8 Å². The second-order valence-corrected chi connectivity index (χ2v) is 5.26. The Kier molecular flexibility index (Phi) is 3.87. The molecule has 0 amide bonds. The molecule has 0 aliphatic carbocycles. The van der Waals surface area contributed by atoms with Gasteiger partial charge in [0.25, 0.3) is 0 Å². The molecule has 0 atom stereocenters. The summed E-state index contributed by atoms with van der Waals surface area (Å²) in [6.07, 6.45) is 0. The van der Waals surface area contributed by atoms with E-state index in [1.807, 2.05) is 0 Å². The first-order valence-corrected chi connectivity index (χ1v) is 6.98. The summed E-state index contributed by atoms with van der Waals surface area (Å²) >= 11 is 5.89. The number of carboxylic acids is 1. The maximum atomic E-state index is 13.6. The predicted octanol–water partition coefficient (Wildman–Crippen LogP) is 3.43. The van der Waals surface area contributed by atoms with Crippen molar-refractivity contribution in [1.29, 1.82) is 0 Å². The number of benzene rings is 2. The number of hydrogen-bond donors (Lipinski definition) is 1. The molecule has 1 N–H and O–H groups in total. The monoisotopic (exact) mass is 322 g/mol. The second-order valence-electron chi connectivity index (χ2n) is 4.82. The molecule has 114 valence electrons. The molecule has 2 aromatic carbocycles. The highest BCUT2D eigenvalue weighted by Gasteiger charge is 2.41. The lowest BCUT2D eigenvalue weighted by molar-refractivity contribution is -0.129. The van der Waals surface area contributed by atoms with Crippen LogP contribution in [0.3, 0.4) is 0 Å². The third kappa shape index (κ3) is 2.47. The minimum atomic E-state index is -1.34. The molecule has 1 saturated heterocycles. The van der Waals surface area contributed by atoms with Crippen LogP contribution in [-0.2, 0) is 15.3 Å². The van der Waals surface area contributed by atoms with E-state index in [0.29, 0.717) is 29.4 Å². The molecule has 3 rings (SSSR count). The van der Waals surface area contributed by atoms with Crippen molar-refractivity contribution in [3.05, 3.63) is 70.0 Å². The van der Waals surface area contributed by atoms with Gasteiger partial charge in [0.2, 0.25) is 5.79 Å². The van der Waals surface area contributed by atoms with Crippen molar-refractivity contribution in [2.45, 2.75) is 5.79 Å². The lowest BCUT2D eigenvalue weighted by atomic mass is 9.95. The molecule has 0 aromatic heterocycles. The van der Waals surface area contributed by atoms with E-state index >= 15 is 0 Å². The van der Waals surface area contributed by atoms with Gasteiger partial charge >= 0.3 is 5.97 Å². The molecule has 0 radical (unpaired) electrons. The number of hydrogen-bond acceptors (Lipinski definition) is 3. The highest BCUT2D eigenvalue weighted by atomic mass is 35.5. The molecule has 0 saturated carbocycles. The third-order valence-corrected chi connectivity index (χ3v) is 3.75. The van der Waals surface area contributed by atoms with Crippen molar-refractivity contribution in [3.8, 4) is 0 Å². The molecular formula is C16H12ClFO4. The second kappa shape index (κ2) is 5.68. The van der Waals surface area contributed by atoms with E-state index in [0.717, 1.165) is 6.07 Å². The van der Waals surface area contributed by atoms with E-state index in [1.54, 1.807) is 24.3 Å². The maximum absolute atomic E-state index is 13.6. The molecule has 1 aliphatic rings. The van der Waals surface area contributed by atoms with Crippen LogP contribution in [0.1, 0.15) is 21.5 Å². The third-order valence-electron chi connectivity index (χ3n) is 3.50. The number of carbonyl (C=O) groups is 1. The molecule has 1 aliphatic heterocycles. The first-order chi connectivity index (χ1) is 10.5. The largest absolute Gasteiger partial charge is 0.478 e. The summed E-state index contributed by atoms with van der Waals surface area (Å²) in [6, 6.07) is 10.6. The van der Waals surface area contributed by atoms with Gasteiger partial charge in [0, 0.05) is 16.1 Å². The Morgan fingerprint density at radius 2 is 1.68 bits per heavy atom. The van der Waals surface area contributed by atoms with Gasteiger partial charge in [0.1, 0.15) is 5.82 Å². The van der Waals surface area contributed by atoms with E-state index in [1.165, 1.54) is 12.1 Å². The van der Waals surface area contributed by atoms with Crippen LogP contribution in [0.2, 0.25) is 5.02 Å². The van der Waals surface area contributed by atoms with E-state index in [4.69, 9.17) is 26.2 Å². The molecular weight excluding hydrogens is 311 g/mol. The van der Waals surface area contributed by atoms with Crippen LogP contribution in [0, 0.1) is 5.82 Å². The summed E-state index contributed by atoms with van der Waals surface area (Å²) in [5.41, 5.74) is 0.661. The zero-order chi connectivity index (χ0) is 15.7. The van der Waals surface area contributed by atoms with Gasteiger partial charge in [0.15, 0.2) is 0 Å². The van der Waals surface area contributed by atoms with Crippen molar-refractivity contribution < 1.29 is 23.8 Å². The van der Waals surface area contributed by atoms with Crippen LogP contribution in [0.5, 0.6) is 0 Å².